The molecule has 0 fully saturated rings. The molecule has 0 atom stereocenters. The van der Waals surface area contributed by atoms with E-state index >= 15 is 0 Å². The van der Waals surface area contributed by atoms with E-state index in [1.165, 1.54) is 13.1 Å². The van der Waals surface area contributed by atoms with Crippen LogP contribution in [0.25, 0.3) is 10.9 Å². The lowest BCUT2D eigenvalue weighted by molar-refractivity contribution is 0.459. The monoisotopic (exact) mass is 475 g/mol. The van der Waals surface area contributed by atoms with Crippen LogP contribution in [0.2, 0.25) is 0 Å². The van der Waals surface area contributed by atoms with Crippen LogP contribution in [-0.2, 0) is 10.0 Å². The van der Waals surface area contributed by atoms with Gasteiger partial charge in [0.15, 0.2) is 11.5 Å². The highest BCUT2D eigenvalue weighted by molar-refractivity contribution is 7.94. The summed E-state index contributed by atoms with van der Waals surface area (Å²) in [5.41, 5.74) is 2.20. The van der Waals surface area contributed by atoms with Crippen LogP contribution in [-0.4, -0.2) is 52.0 Å². The van der Waals surface area contributed by atoms with Crippen molar-refractivity contribution in [2.75, 3.05) is 32.5 Å². The number of pyridine rings is 1. The fourth-order valence-electron chi connectivity index (χ4n) is 3.58. The van der Waals surface area contributed by atoms with E-state index < -0.39 is 10.0 Å². The van der Waals surface area contributed by atoms with Crippen molar-refractivity contribution in [1.29, 1.82) is 0 Å². The van der Waals surface area contributed by atoms with Gasteiger partial charge in [0.1, 0.15) is 21.8 Å². The van der Waals surface area contributed by atoms with E-state index in [4.69, 9.17) is 4.74 Å². The molecule has 4 rings (SSSR count). The third-order valence-electron chi connectivity index (χ3n) is 5.15. The summed E-state index contributed by atoms with van der Waals surface area (Å²) in [5.74, 6) is 0.941. The Morgan fingerprint density at radius 1 is 0.882 bits per heavy atom. The van der Waals surface area contributed by atoms with E-state index in [1.54, 1.807) is 19.3 Å². The molecular weight excluding hydrogens is 450 g/mol. The Bertz CT molecular complexity index is 1410. The van der Waals surface area contributed by atoms with Crippen LogP contribution in [0.1, 0.15) is 0 Å². The van der Waals surface area contributed by atoms with E-state index in [0.29, 0.717) is 29.3 Å². The molecule has 0 bridgehead atoms. The van der Waals surface area contributed by atoms with Crippen LogP contribution >= 0.6 is 0 Å². The standard InChI is InChI=1S/C25H25N5O3S/c1-26-24-21(33-20-12-6-8-18-9-7-15-29-23(18)20)13-14-22(25(24)27-2)34(31,32)30-17-16-28-19-10-4-3-5-11-19/h3-15,28,30H,16-17H2,1-2H3. The van der Waals surface area contributed by atoms with Crippen molar-refractivity contribution in [3.63, 3.8) is 0 Å². The highest BCUT2D eigenvalue weighted by Crippen LogP contribution is 2.27. The number of ether oxygens (including phenoxy) is 1. The number of hydrogen-bond acceptors (Lipinski definition) is 7. The zero-order chi connectivity index (χ0) is 24.0. The normalized spacial score (nSPS) is 16.4. The quantitative estimate of drug-likeness (QED) is 0.383. The van der Waals surface area contributed by atoms with Gasteiger partial charge in [0.2, 0.25) is 10.0 Å². The molecule has 2 N–H and O–H groups in total. The number of hydrogen-bond donors (Lipinski definition) is 2. The molecule has 1 aliphatic carbocycles. The van der Waals surface area contributed by atoms with E-state index in [2.05, 4.69) is 25.0 Å². The molecule has 2 aromatic carbocycles. The number of allylic oxidation sites excluding steroid dienone is 4. The maximum absolute atomic E-state index is 13.0. The number of benzene rings is 2. The summed E-state index contributed by atoms with van der Waals surface area (Å²) in [5, 5.41) is 4.11. The fraction of sp³-hybridized carbons (Fsp3) is 0.160. The third-order valence-corrected chi connectivity index (χ3v) is 6.64. The lowest BCUT2D eigenvalue weighted by Gasteiger charge is -2.20. The molecule has 8 nitrogen and oxygen atoms in total. The predicted octanol–water partition coefficient (Wildman–Crippen LogP) is 3.57. The molecule has 3 aromatic rings. The second-order valence-corrected chi connectivity index (χ2v) is 9.07. The first-order valence-corrected chi connectivity index (χ1v) is 12.2. The van der Waals surface area contributed by atoms with E-state index in [-0.39, 0.29) is 17.2 Å². The van der Waals surface area contributed by atoms with Crippen molar-refractivity contribution in [2.45, 2.75) is 0 Å². The van der Waals surface area contributed by atoms with Gasteiger partial charge in [-0.05, 0) is 36.4 Å². The number of para-hydroxylation sites is 2. The van der Waals surface area contributed by atoms with Gasteiger partial charge in [-0.2, -0.15) is 0 Å². The molecule has 0 spiro atoms. The van der Waals surface area contributed by atoms with Gasteiger partial charge in [-0.3, -0.25) is 15.0 Å². The van der Waals surface area contributed by atoms with Gasteiger partial charge in [0, 0.05) is 44.5 Å². The Balaban J connectivity index is 1.55. The van der Waals surface area contributed by atoms with Crippen LogP contribution in [0.4, 0.5) is 5.69 Å². The molecule has 0 saturated heterocycles. The van der Waals surface area contributed by atoms with Gasteiger partial charge < -0.3 is 10.1 Å². The maximum atomic E-state index is 13.0. The number of nitrogens with zero attached hydrogens (tertiary/aromatic N) is 3. The zero-order valence-corrected chi connectivity index (χ0v) is 19.7. The lowest BCUT2D eigenvalue weighted by atomic mass is 10.1. The Kier molecular flexibility index (Phi) is 7.15. The second kappa shape index (κ2) is 10.4. The van der Waals surface area contributed by atoms with Gasteiger partial charge in [0.25, 0.3) is 0 Å². The van der Waals surface area contributed by atoms with Gasteiger partial charge in [0.05, 0.1) is 0 Å². The maximum Gasteiger partial charge on any atom is 0.242 e. The van der Waals surface area contributed by atoms with Crippen molar-refractivity contribution in [1.82, 2.24) is 9.71 Å². The van der Waals surface area contributed by atoms with E-state index in [0.717, 1.165) is 11.1 Å². The first kappa shape index (κ1) is 23.3. The van der Waals surface area contributed by atoms with Crippen LogP contribution in [0.5, 0.6) is 5.75 Å². The van der Waals surface area contributed by atoms with Crippen molar-refractivity contribution in [3.05, 3.63) is 89.7 Å². The molecule has 0 saturated carbocycles. The molecule has 0 aliphatic heterocycles. The van der Waals surface area contributed by atoms with Crippen molar-refractivity contribution in [3.8, 4) is 5.75 Å². The van der Waals surface area contributed by atoms with Crippen molar-refractivity contribution >= 4 is 38.0 Å². The van der Waals surface area contributed by atoms with Crippen LogP contribution in [0.15, 0.2) is 99.7 Å². The molecule has 34 heavy (non-hydrogen) atoms. The Hall–Kier alpha value is -3.82. The van der Waals surface area contributed by atoms with Gasteiger partial charge in [-0.25, -0.2) is 13.1 Å². The highest BCUT2D eigenvalue weighted by atomic mass is 32.2. The predicted molar refractivity (Wildman–Crippen MR) is 137 cm³/mol. The summed E-state index contributed by atoms with van der Waals surface area (Å²) < 4.78 is 34.8. The third kappa shape index (κ3) is 5.05. The van der Waals surface area contributed by atoms with Gasteiger partial charge in [-0.1, -0.05) is 36.4 Å². The summed E-state index contributed by atoms with van der Waals surface area (Å²) in [6, 6.07) is 19.0. The topological polar surface area (TPSA) is 105 Å². The summed E-state index contributed by atoms with van der Waals surface area (Å²) in [7, 11) is -0.720. The smallest absolute Gasteiger partial charge is 0.242 e. The van der Waals surface area contributed by atoms with Crippen LogP contribution in [0, 0.1) is 0 Å². The van der Waals surface area contributed by atoms with Gasteiger partial charge >= 0.3 is 0 Å². The molecule has 9 heteroatoms. The molecule has 0 amide bonds. The number of aliphatic imine (C=N–C) groups is 2. The molecule has 1 aromatic heterocycles. The highest BCUT2D eigenvalue weighted by Gasteiger charge is 2.31. The van der Waals surface area contributed by atoms with Crippen LogP contribution in [0.3, 0.4) is 0 Å². The molecule has 0 radical (unpaired) electrons. The van der Waals surface area contributed by atoms with E-state index in [1.807, 2.05) is 60.7 Å². The summed E-state index contributed by atoms with van der Waals surface area (Å²) in [4.78, 5) is 13.0. The minimum atomic E-state index is -3.83. The minimum absolute atomic E-state index is 0.0405. The first-order valence-electron chi connectivity index (χ1n) is 10.7. The molecular formula is C25H25N5O3S. The summed E-state index contributed by atoms with van der Waals surface area (Å²) >= 11 is 0. The number of anilines is 1. The SMILES string of the molecule is CN=C1C(Oc2cccc3cccnc23)=CC=C(S(=O)(=O)NCCNc2ccccc2)C1=NC. The number of nitrogens with one attached hydrogen (secondary N) is 2. The van der Waals surface area contributed by atoms with Crippen molar-refractivity contribution in [2.24, 2.45) is 9.98 Å². The zero-order valence-electron chi connectivity index (χ0n) is 18.9. The molecule has 174 valence electrons. The number of fused-ring (bicyclic) bond motifs is 1. The molecule has 1 aliphatic rings. The Morgan fingerprint density at radius 2 is 1.65 bits per heavy atom. The number of rotatable bonds is 8. The second-order valence-electron chi connectivity index (χ2n) is 7.33. The Morgan fingerprint density at radius 3 is 2.41 bits per heavy atom. The average molecular weight is 476 g/mol. The number of aromatic nitrogens is 1. The summed E-state index contributed by atoms with van der Waals surface area (Å²) in [6.07, 6.45) is 4.77. The lowest BCUT2D eigenvalue weighted by Crippen LogP contribution is -2.36. The first-order chi connectivity index (χ1) is 16.5. The number of sulfonamides is 1. The average Bonchev–Trinajstić information content (AvgIpc) is 2.87. The van der Waals surface area contributed by atoms with E-state index in [9.17, 15) is 8.42 Å². The fourth-order valence-corrected chi connectivity index (χ4v) is 4.79. The van der Waals surface area contributed by atoms with Crippen LogP contribution < -0.4 is 14.8 Å². The summed E-state index contributed by atoms with van der Waals surface area (Å²) in [6.45, 7) is 0.640. The molecule has 1 heterocycles. The largest absolute Gasteiger partial charge is 0.453 e. The van der Waals surface area contributed by atoms with Crippen molar-refractivity contribution < 1.29 is 13.2 Å². The Labute approximate surface area is 198 Å². The van der Waals surface area contributed by atoms with Gasteiger partial charge in [-0.15, -0.1) is 0 Å². The molecule has 0 unspecified atom stereocenters. The minimum Gasteiger partial charge on any atom is -0.453 e.